The van der Waals surface area contributed by atoms with Crippen LogP contribution in [0.3, 0.4) is 0 Å². The van der Waals surface area contributed by atoms with Crippen LogP contribution in [-0.2, 0) is 0 Å². The molecule has 2 rings (SSSR count). The van der Waals surface area contributed by atoms with Gasteiger partial charge in [-0.3, -0.25) is 4.79 Å². The topological polar surface area (TPSA) is 29.1 Å². The maximum Gasteiger partial charge on any atom is 0.252 e. The Morgan fingerprint density at radius 1 is 1.60 bits per heavy atom. The molecule has 1 fully saturated rings. The zero-order chi connectivity index (χ0) is 10.9. The minimum atomic E-state index is 0.00545. The third-order valence-electron chi connectivity index (χ3n) is 2.77. The normalized spacial score (nSPS) is 18.3. The predicted octanol–water partition coefficient (Wildman–Crippen LogP) is 3.56. The summed E-state index contributed by atoms with van der Waals surface area (Å²) in [5.41, 5.74) is 0.755. The van der Waals surface area contributed by atoms with E-state index in [0.717, 1.165) is 27.5 Å². The zero-order valence-electron chi connectivity index (χ0n) is 8.06. The Morgan fingerprint density at radius 3 is 2.73 bits per heavy atom. The van der Waals surface area contributed by atoms with Crippen molar-refractivity contribution in [2.45, 2.75) is 24.8 Å². The molecule has 15 heavy (non-hydrogen) atoms. The number of carbonyl (C=O) groups excluding carboxylic acids is 1. The summed E-state index contributed by atoms with van der Waals surface area (Å²) in [5.74, 6) is 0.0381. The van der Waals surface area contributed by atoms with E-state index in [1.54, 1.807) is 0 Å². The molecule has 0 unspecified atom stereocenters. The average molecular weight is 353 g/mol. The molecule has 82 valence electrons. The van der Waals surface area contributed by atoms with E-state index in [1.165, 1.54) is 17.8 Å². The lowest BCUT2D eigenvalue weighted by Gasteiger charge is -2.41. The van der Waals surface area contributed by atoms with E-state index in [9.17, 15) is 4.79 Å². The molecule has 1 aliphatic carbocycles. The smallest absolute Gasteiger partial charge is 0.252 e. The summed E-state index contributed by atoms with van der Waals surface area (Å²) in [4.78, 5) is 11.9. The summed E-state index contributed by atoms with van der Waals surface area (Å²) < 4.78 is 0.995. The SMILES string of the molecule is O=C(NC1(CBr)CCC1)c1csc(Br)c1. The van der Waals surface area contributed by atoms with E-state index < -0.39 is 0 Å². The first-order chi connectivity index (χ1) is 7.15. The largest absolute Gasteiger partial charge is 0.346 e. The molecule has 0 aromatic carbocycles. The standard InChI is InChI=1S/C10H11Br2NOS/c11-6-10(2-1-3-10)13-9(14)7-4-8(12)15-5-7/h4-5H,1-3,6H2,(H,13,14). The Labute approximate surface area is 110 Å². The van der Waals surface area contributed by atoms with Gasteiger partial charge in [0.1, 0.15) is 0 Å². The molecular weight excluding hydrogens is 342 g/mol. The third kappa shape index (κ3) is 2.45. The molecule has 0 bridgehead atoms. The number of rotatable bonds is 3. The minimum Gasteiger partial charge on any atom is -0.346 e. The molecule has 2 nitrogen and oxygen atoms in total. The van der Waals surface area contributed by atoms with Crippen molar-refractivity contribution in [1.29, 1.82) is 0 Å². The molecular formula is C10H11Br2NOS. The van der Waals surface area contributed by atoms with Gasteiger partial charge in [0.2, 0.25) is 0 Å². The Balaban J connectivity index is 2.03. The molecule has 0 radical (unpaired) electrons. The van der Waals surface area contributed by atoms with Gasteiger partial charge in [-0.05, 0) is 41.3 Å². The number of alkyl halides is 1. The molecule has 1 aromatic heterocycles. The van der Waals surface area contributed by atoms with Crippen LogP contribution in [0.2, 0.25) is 0 Å². The molecule has 0 aliphatic heterocycles. The second kappa shape index (κ2) is 4.55. The number of nitrogens with one attached hydrogen (secondary N) is 1. The molecule has 1 amide bonds. The third-order valence-corrected chi connectivity index (χ3v) is 5.35. The highest BCUT2D eigenvalue weighted by molar-refractivity contribution is 9.11. The van der Waals surface area contributed by atoms with E-state index in [4.69, 9.17) is 0 Å². The van der Waals surface area contributed by atoms with Crippen LogP contribution in [-0.4, -0.2) is 16.8 Å². The second-order valence-corrected chi connectivity index (χ2v) is 6.71. The van der Waals surface area contributed by atoms with Crippen LogP contribution >= 0.6 is 43.2 Å². The van der Waals surface area contributed by atoms with Crippen molar-refractivity contribution in [3.63, 3.8) is 0 Å². The number of thiophene rings is 1. The lowest BCUT2D eigenvalue weighted by atomic mass is 9.78. The summed E-state index contributed by atoms with van der Waals surface area (Å²) in [6.07, 6.45) is 3.36. The van der Waals surface area contributed by atoms with Gasteiger partial charge in [-0.1, -0.05) is 15.9 Å². The van der Waals surface area contributed by atoms with Gasteiger partial charge >= 0.3 is 0 Å². The maximum absolute atomic E-state index is 11.9. The molecule has 5 heteroatoms. The first-order valence-electron chi connectivity index (χ1n) is 4.78. The van der Waals surface area contributed by atoms with Gasteiger partial charge in [-0.2, -0.15) is 0 Å². The van der Waals surface area contributed by atoms with Crippen LogP contribution < -0.4 is 5.32 Å². The van der Waals surface area contributed by atoms with Crippen LogP contribution in [0.25, 0.3) is 0 Å². The van der Waals surface area contributed by atoms with E-state index in [2.05, 4.69) is 37.2 Å². The first-order valence-corrected chi connectivity index (χ1v) is 7.57. The minimum absolute atomic E-state index is 0.00545. The summed E-state index contributed by atoms with van der Waals surface area (Å²) in [5, 5.41) is 5.83. The quantitative estimate of drug-likeness (QED) is 0.828. The highest BCUT2D eigenvalue weighted by Gasteiger charge is 2.37. The maximum atomic E-state index is 11.9. The van der Waals surface area contributed by atoms with Crippen molar-refractivity contribution in [3.05, 3.63) is 20.8 Å². The second-order valence-electron chi connectivity index (χ2n) is 3.86. The summed E-state index contributed by atoms with van der Waals surface area (Å²) in [6, 6.07) is 1.86. The molecule has 1 aromatic rings. The number of hydrogen-bond acceptors (Lipinski definition) is 2. The number of amides is 1. The van der Waals surface area contributed by atoms with E-state index in [-0.39, 0.29) is 11.4 Å². The van der Waals surface area contributed by atoms with Crippen LogP contribution in [0, 0.1) is 0 Å². The molecule has 0 atom stereocenters. The van der Waals surface area contributed by atoms with Gasteiger partial charge in [-0.15, -0.1) is 11.3 Å². The molecule has 1 aliphatic rings. The van der Waals surface area contributed by atoms with Crippen LogP contribution in [0.15, 0.2) is 15.2 Å². The van der Waals surface area contributed by atoms with Gasteiger partial charge in [0.25, 0.3) is 5.91 Å². The number of hydrogen-bond donors (Lipinski definition) is 1. The lowest BCUT2D eigenvalue weighted by Crippen LogP contribution is -2.54. The van der Waals surface area contributed by atoms with Gasteiger partial charge < -0.3 is 5.32 Å². The van der Waals surface area contributed by atoms with Crippen LogP contribution in [0.5, 0.6) is 0 Å². The monoisotopic (exact) mass is 351 g/mol. The first kappa shape index (κ1) is 11.6. The fourth-order valence-electron chi connectivity index (χ4n) is 1.64. The molecule has 1 heterocycles. The Kier molecular flexibility index (Phi) is 3.52. The van der Waals surface area contributed by atoms with Crippen LogP contribution in [0.4, 0.5) is 0 Å². The van der Waals surface area contributed by atoms with Crippen molar-refractivity contribution in [2.75, 3.05) is 5.33 Å². The molecule has 0 spiro atoms. The zero-order valence-corrected chi connectivity index (χ0v) is 12.0. The highest BCUT2D eigenvalue weighted by atomic mass is 79.9. The van der Waals surface area contributed by atoms with Gasteiger partial charge in [0.15, 0.2) is 0 Å². The summed E-state index contributed by atoms with van der Waals surface area (Å²) in [6.45, 7) is 0. The van der Waals surface area contributed by atoms with Crippen molar-refractivity contribution in [2.24, 2.45) is 0 Å². The van der Waals surface area contributed by atoms with E-state index >= 15 is 0 Å². The van der Waals surface area contributed by atoms with E-state index in [0.29, 0.717) is 0 Å². The van der Waals surface area contributed by atoms with Crippen molar-refractivity contribution >= 4 is 49.1 Å². The molecule has 1 saturated carbocycles. The Morgan fingerprint density at radius 2 is 2.33 bits per heavy atom. The lowest BCUT2D eigenvalue weighted by molar-refractivity contribution is 0.0857. The van der Waals surface area contributed by atoms with Gasteiger partial charge in [-0.25, -0.2) is 0 Å². The van der Waals surface area contributed by atoms with Crippen molar-refractivity contribution < 1.29 is 4.79 Å². The van der Waals surface area contributed by atoms with E-state index in [1.807, 2.05) is 11.4 Å². The summed E-state index contributed by atoms with van der Waals surface area (Å²) in [7, 11) is 0. The fraction of sp³-hybridized carbons (Fsp3) is 0.500. The van der Waals surface area contributed by atoms with Crippen molar-refractivity contribution in [3.8, 4) is 0 Å². The predicted molar refractivity (Wildman–Crippen MR) is 69.9 cm³/mol. The number of halogens is 2. The van der Waals surface area contributed by atoms with Crippen molar-refractivity contribution in [1.82, 2.24) is 5.32 Å². The van der Waals surface area contributed by atoms with Gasteiger partial charge in [0, 0.05) is 10.7 Å². The fourth-order valence-corrected chi connectivity index (χ4v) is 3.48. The number of carbonyl (C=O) groups is 1. The molecule has 0 saturated heterocycles. The Hall–Kier alpha value is 0.130. The summed E-state index contributed by atoms with van der Waals surface area (Å²) >= 11 is 8.36. The van der Waals surface area contributed by atoms with Gasteiger partial charge in [0.05, 0.1) is 14.9 Å². The highest BCUT2D eigenvalue weighted by Crippen LogP contribution is 2.34. The van der Waals surface area contributed by atoms with Crippen LogP contribution in [0.1, 0.15) is 29.6 Å². The average Bonchev–Trinajstić information content (AvgIpc) is 2.58. The Bertz CT molecular complexity index is 368. The molecule has 1 N–H and O–H groups in total.